The maximum atomic E-state index is 12.7. The maximum Gasteiger partial charge on any atom is 0.330 e. The molecule has 1 aliphatic rings. The van der Waals surface area contributed by atoms with Gasteiger partial charge in [0, 0.05) is 25.7 Å². The van der Waals surface area contributed by atoms with E-state index in [9.17, 15) is 19.2 Å². The molecule has 0 radical (unpaired) electrons. The minimum atomic E-state index is -0.762. The van der Waals surface area contributed by atoms with Gasteiger partial charge in [-0.3, -0.25) is 23.9 Å². The van der Waals surface area contributed by atoms with Crippen LogP contribution >= 0.6 is 0 Å². The molecular weight excluding hydrogens is 438 g/mol. The third kappa shape index (κ3) is 4.70. The zero-order chi connectivity index (χ0) is 24.2. The van der Waals surface area contributed by atoms with Crippen LogP contribution < -0.4 is 31.5 Å². The zero-order valence-electron chi connectivity index (χ0n) is 18.7. The van der Waals surface area contributed by atoms with Crippen molar-refractivity contribution in [2.75, 3.05) is 35.7 Å². The van der Waals surface area contributed by atoms with Crippen LogP contribution in [0.3, 0.4) is 0 Å². The fourth-order valence-corrected chi connectivity index (χ4v) is 3.83. The van der Waals surface area contributed by atoms with Gasteiger partial charge in [0.15, 0.2) is 12.3 Å². The molecule has 2 heterocycles. The number of benzene rings is 2. The number of H-pyrrole nitrogens is 1. The largest absolute Gasteiger partial charge is 0.484 e. The van der Waals surface area contributed by atoms with Crippen molar-refractivity contribution in [3.05, 3.63) is 81.0 Å². The van der Waals surface area contributed by atoms with E-state index in [0.717, 1.165) is 22.6 Å². The van der Waals surface area contributed by atoms with Gasteiger partial charge >= 0.3 is 5.69 Å². The number of likely N-dealkylation sites (N-methyl/N-ethyl adjacent to an activating group) is 1. The molecule has 1 fully saturated rings. The Bertz CT molecular complexity index is 1310. The number of aromatic nitrogens is 2. The number of hydrogen-bond donors (Lipinski definition) is 2. The van der Waals surface area contributed by atoms with Crippen LogP contribution in [0.5, 0.6) is 5.75 Å². The Morgan fingerprint density at radius 2 is 1.79 bits per heavy atom. The monoisotopic (exact) mass is 463 g/mol. The first kappa shape index (κ1) is 22.8. The summed E-state index contributed by atoms with van der Waals surface area (Å²) in [4.78, 5) is 54.4. The van der Waals surface area contributed by atoms with Crippen LogP contribution in [0.15, 0.2) is 64.2 Å². The van der Waals surface area contributed by atoms with Crippen LogP contribution in [0.4, 0.5) is 17.2 Å². The van der Waals surface area contributed by atoms with E-state index in [0.29, 0.717) is 18.7 Å². The number of nitrogens with one attached hydrogen (secondary N) is 1. The second kappa shape index (κ2) is 9.65. The van der Waals surface area contributed by atoms with Gasteiger partial charge in [-0.1, -0.05) is 30.3 Å². The lowest BCUT2D eigenvalue weighted by Crippen LogP contribution is -2.41. The van der Waals surface area contributed by atoms with E-state index in [4.69, 9.17) is 10.5 Å². The molecule has 3 N–H and O–H groups in total. The molecule has 0 spiro atoms. The van der Waals surface area contributed by atoms with E-state index in [2.05, 4.69) is 4.98 Å². The van der Waals surface area contributed by atoms with E-state index in [1.54, 1.807) is 29.2 Å². The summed E-state index contributed by atoms with van der Waals surface area (Å²) in [5.74, 6) is -0.121. The molecule has 3 aromatic rings. The van der Waals surface area contributed by atoms with Crippen molar-refractivity contribution in [3.63, 3.8) is 0 Å². The fourth-order valence-electron chi connectivity index (χ4n) is 3.83. The highest BCUT2D eigenvalue weighted by Crippen LogP contribution is 2.24. The second-order valence-corrected chi connectivity index (χ2v) is 7.95. The molecule has 2 aromatic carbocycles. The number of nitrogens with two attached hydrogens (primary N) is 1. The molecule has 0 saturated carbocycles. The Labute approximate surface area is 195 Å². The molecule has 4 rings (SSSR count). The smallest absolute Gasteiger partial charge is 0.330 e. The molecule has 176 valence electrons. The molecule has 2 amide bonds. The number of carbonyl (C=O) groups excluding carboxylic acids is 2. The number of anilines is 3. The number of nitrogens with zero attached hydrogens (tertiary/aromatic N) is 3. The van der Waals surface area contributed by atoms with Gasteiger partial charge in [-0.15, -0.1) is 0 Å². The molecule has 34 heavy (non-hydrogen) atoms. The van der Waals surface area contributed by atoms with Crippen molar-refractivity contribution in [2.24, 2.45) is 0 Å². The van der Waals surface area contributed by atoms with Crippen LogP contribution in [0, 0.1) is 0 Å². The second-order valence-electron chi connectivity index (χ2n) is 7.95. The number of ether oxygens (including phenoxy) is 1. The Kier molecular flexibility index (Phi) is 6.48. The Hall–Kier alpha value is -4.34. The lowest BCUT2D eigenvalue weighted by atomic mass is 10.2. The van der Waals surface area contributed by atoms with Crippen molar-refractivity contribution in [3.8, 4) is 5.75 Å². The van der Waals surface area contributed by atoms with Gasteiger partial charge in [-0.25, -0.2) is 4.79 Å². The van der Waals surface area contributed by atoms with E-state index >= 15 is 0 Å². The first-order valence-corrected chi connectivity index (χ1v) is 10.8. The number of carbonyl (C=O) groups is 2. The maximum absolute atomic E-state index is 12.7. The first-order chi connectivity index (χ1) is 16.3. The molecule has 10 nitrogen and oxygen atoms in total. The van der Waals surface area contributed by atoms with Gasteiger partial charge in [-0.05, 0) is 36.2 Å². The normalized spacial score (nSPS) is 13.2. The highest BCUT2D eigenvalue weighted by atomic mass is 16.5. The fraction of sp³-hybridized carbons (Fsp3) is 0.250. The van der Waals surface area contributed by atoms with Crippen LogP contribution in [-0.4, -0.2) is 41.6 Å². The van der Waals surface area contributed by atoms with Gasteiger partial charge < -0.3 is 20.3 Å². The Morgan fingerprint density at radius 3 is 2.44 bits per heavy atom. The predicted molar refractivity (Wildman–Crippen MR) is 128 cm³/mol. The van der Waals surface area contributed by atoms with Crippen LogP contribution in [0.1, 0.15) is 18.4 Å². The van der Waals surface area contributed by atoms with E-state index in [1.807, 2.05) is 30.3 Å². The third-order valence-corrected chi connectivity index (χ3v) is 5.69. The summed E-state index contributed by atoms with van der Waals surface area (Å²) < 4.78 is 6.77. The van der Waals surface area contributed by atoms with Gasteiger partial charge in [0.25, 0.3) is 11.5 Å². The molecule has 1 aliphatic heterocycles. The highest BCUT2D eigenvalue weighted by Gasteiger charge is 2.23. The minimum Gasteiger partial charge on any atom is -0.484 e. The molecule has 1 saturated heterocycles. The molecular formula is C24H25N5O5. The first-order valence-electron chi connectivity index (χ1n) is 10.8. The van der Waals surface area contributed by atoms with Crippen molar-refractivity contribution >= 4 is 29.0 Å². The number of nitrogen functional groups attached to an aromatic ring is 1. The quantitative estimate of drug-likeness (QED) is 0.544. The van der Waals surface area contributed by atoms with Gasteiger partial charge in [0.05, 0.1) is 6.54 Å². The van der Waals surface area contributed by atoms with E-state index in [1.165, 1.54) is 11.6 Å². The van der Waals surface area contributed by atoms with Gasteiger partial charge in [0.2, 0.25) is 5.91 Å². The van der Waals surface area contributed by atoms with Gasteiger partial charge in [-0.2, -0.15) is 0 Å². The average Bonchev–Trinajstić information content (AvgIpc) is 3.26. The summed E-state index contributed by atoms with van der Waals surface area (Å²) in [6.07, 6.45) is 1.37. The highest BCUT2D eigenvalue weighted by molar-refractivity contribution is 5.96. The summed E-state index contributed by atoms with van der Waals surface area (Å²) >= 11 is 0. The standard InChI is InChI=1S/C24H25N5O5/c1-27(20(31)15-34-18-11-9-17(10-12-18)28-13-5-8-19(28)30)21-22(25)29(24(33)26-23(21)32)14-16-6-3-2-4-7-16/h2-4,6-7,9-12H,5,8,13-15,25H2,1H3,(H,26,32,33). The average molecular weight is 463 g/mol. The number of amides is 2. The number of rotatable bonds is 7. The summed E-state index contributed by atoms with van der Waals surface area (Å²) in [7, 11) is 1.39. The third-order valence-electron chi connectivity index (χ3n) is 5.69. The summed E-state index contributed by atoms with van der Waals surface area (Å²) in [6.45, 7) is 0.472. The molecule has 10 heteroatoms. The minimum absolute atomic E-state index is 0.0851. The van der Waals surface area contributed by atoms with Crippen molar-refractivity contribution in [1.82, 2.24) is 9.55 Å². The topological polar surface area (TPSA) is 131 Å². The summed E-state index contributed by atoms with van der Waals surface area (Å²) in [5.41, 5.74) is 6.17. The van der Waals surface area contributed by atoms with Crippen LogP contribution in [0.25, 0.3) is 0 Å². The zero-order valence-corrected chi connectivity index (χ0v) is 18.7. The molecule has 0 atom stereocenters. The lowest BCUT2D eigenvalue weighted by Gasteiger charge is -2.21. The Balaban J connectivity index is 1.47. The van der Waals surface area contributed by atoms with Crippen LogP contribution in [-0.2, 0) is 16.1 Å². The van der Waals surface area contributed by atoms with Crippen molar-refractivity contribution in [1.29, 1.82) is 0 Å². The van der Waals surface area contributed by atoms with Crippen molar-refractivity contribution in [2.45, 2.75) is 19.4 Å². The van der Waals surface area contributed by atoms with Crippen molar-refractivity contribution < 1.29 is 14.3 Å². The molecule has 0 unspecified atom stereocenters. The van der Waals surface area contributed by atoms with Gasteiger partial charge in [0.1, 0.15) is 11.6 Å². The number of hydrogen-bond acceptors (Lipinski definition) is 6. The molecule has 0 bridgehead atoms. The lowest BCUT2D eigenvalue weighted by molar-refractivity contribution is -0.120. The van der Waals surface area contributed by atoms with Crippen LogP contribution in [0.2, 0.25) is 0 Å². The summed E-state index contributed by atoms with van der Waals surface area (Å²) in [6, 6.07) is 16.0. The molecule has 1 aromatic heterocycles. The Morgan fingerprint density at radius 1 is 1.09 bits per heavy atom. The predicted octanol–water partition coefficient (Wildman–Crippen LogP) is 1.34. The summed E-state index contributed by atoms with van der Waals surface area (Å²) in [5, 5.41) is 0. The number of aromatic amines is 1. The molecule has 0 aliphatic carbocycles. The SMILES string of the molecule is CN(C(=O)COc1ccc(N2CCCC2=O)cc1)c1c(N)n(Cc2ccccc2)c(=O)[nH]c1=O. The van der Waals surface area contributed by atoms with E-state index < -0.39 is 17.2 Å². The van der Waals surface area contributed by atoms with E-state index in [-0.39, 0.29) is 30.6 Å².